The fourth-order valence-electron chi connectivity index (χ4n) is 3.10. The zero-order valence-electron chi connectivity index (χ0n) is 14.3. The zero-order valence-corrected chi connectivity index (χ0v) is 16.0. The van der Waals surface area contributed by atoms with E-state index in [1.54, 1.807) is 11.3 Å². The summed E-state index contributed by atoms with van der Waals surface area (Å²) in [6.45, 7) is 1.97. The van der Waals surface area contributed by atoms with Gasteiger partial charge in [-0.15, -0.1) is 22.7 Å². The van der Waals surface area contributed by atoms with Crippen molar-refractivity contribution in [2.45, 2.75) is 25.5 Å². The molecule has 0 spiro atoms. The normalized spacial score (nSPS) is 16.7. The van der Waals surface area contributed by atoms with Crippen LogP contribution in [0.2, 0.25) is 0 Å². The molecule has 1 amide bonds. The molecule has 134 valence electrons. The molecule has 3 heterocycles. The molecule has 2 aromatic heterocycles. The van der Waals surface area contributed by atoms with E-state index in [2.05, 4.69) is 4.98 Å². The van der Waals surface area contributed by atoms with Gasteiger partial charge in [0.15, 0.2) is 0 Å². The fourth-order valence-corrected chi connectivity index (χ4v) is 4.71. The highest BCUT2D eigenvalue weighted by atomic mass is 32.1. The standard InChI is InChI=1S/C20H20N2O2S2/c23-20(17-14-26-19(21-17)18-9-5-11-25-18)22(13-16-8-4-10-24-16)12-15-6-2-1-3-7-15/h1-3,5-7,9,11,14,16H,4,8,10,12-13H2/t16-/m0/s1. The summed E-state index contributed by atoms with van der Waals surface area (Å²) < 4.78 is 5.76. The average Bonchev–Trinajstić information content (AvgIpc) is 3.42. The highest BCUT2D eigenvalue weighted by molar-refractivity contribution is 7.20. The molecule has 0 bridgehead atoms. The molecule has 3 aromatic rings. The number of ether oxygens (including phenoxy) is 1. The van der Waals surface area contributed by atoms with E-state index in [1.165, 1.54) is 11.3 Å². The van der Waals surface area contributed by atoms with Crippen molar-refractivity contribution in [2.24, 2.45) is 0 Å². The highest BCUT2D eigenvalue weighted by Crippen LogP contribution is 2.28. The van der Waals surface area contributed by atoms with Gasteiger partial charge in [0, 0.05) is 25.1 Å². The third-order valence-electron chi connectivity index (χ3n) is 4.41. The summed E-state index contributed by atoms with van der Waals surface area (Å²) in [7, 11) is 0. The summed E-state index contributed by atoms with van der Waals surface area (Å²) >= 11 is 3.16. The van der Waals surface area contributed by atoms with Crippen molar-refractivity contribution in [1.29, 1.82) is 0 Å². The van der Waals surface area contributed by atoms with Crippen LogP contribution in [0.3, 0.4) is 0 Å². The number of nitrogens with zero attached hydrogens (tertiary/aromatic N) is 2. The van der Waals surface area contributed by atoms with Crippen LogP contribution in [-0.2, 0) is 11.3 Å². The third-order valence-corrected chi connectivity index (χ3v) is 6.29. The van der Waals surface area contributed by atoms with Crippen LogP contribution >= 0.6 is 22.7 Å². The average molecular weight is 385 g/mol. The number of thiophene rings is 1. The van der Waals surface area contributed by atoms with E-state index in [4.69, 9.17) is 4.74 Å². The second-order valence-corrected chi connectivity index (χ2v) is 8.13. The number of benzene rings is 1. The number of rotatable bonds is 6. The highest BCUT2D eigenvalue weighted by Gasteiger charge is 2.25. The van der Waals surface area contributed by atoms with Gasteiger partial charge < -0.3 is 9.64 Å². The van der Waals surface area contributed by atoms with Crippen LogP contribution in [-0.4, -0.2) is 35.0 Å². The lowest BCUT2D eigenvalue weighted by Crippen LogP contribution is -2.37. The van der Waals surface area contributed by atoms with Crippen LogP contribution < -0.4 is 0 Å². The van der Waals surface area contributed by atoms with Crippen LogP contribution in [0.5, 0.6) is 0 Å². The summed E-state index contributed by atoms with van der Waals surface area (Å²) in [4.78, 5) is 20.7. The van der Waals surface area contributed by atoms with Crippen molar-refractivity contribution >= 4 is 28.6 Å². The van der Waals surface area contributed by atoms with Gasteiger partial charge in [-0.3, -0.25) is 4.79 Å². The first-order valence-electron chi connectivity index (χ1n) is 8.74. The Labute approximate surface area is 161 Å². The van der Waals surface area contributed by atoms with Crippen molar-refractivity contribution in [2.75, 3.05) is 13.2 Å². The maximum absolute atomic E-state index is 13.1. The van der Waals surface area contributed by atoms with E-state index < -0.39 is 0 Å². The Morgan fingerprint density at radius 2 is 2.08 bits per heavy atom. The van der Waals surface area contributed by atoms with Crippen LogP contribution in [0, 0.1) is 0 Å². The van der Waals surface area contributed by atoms with Crippen LogP contribution in [0.25, 0.3) is 9.88 Å². The minimum Gasteiger partial charge on any atom is -0.376 e. The Bertz CT molecular complexity index is 840. The van der Waals surface area contributed by atoms with E-state index in [-0.39, 0.29) is 12.0 Å². The molecule has 4 nitrogen and oxygen atoms in total. The molecule has 0 radical (unpaired) electrons. The summed E-state index contributed by atoms with van der Waals surface area (Å²) in [5.41, 5.74) is 1.64. The molecule has 1 aliphatic rings. The molecule has 4 rings (SSSR count). The summed E-state index contributed by atoms with van der Waals surface area (Å²) in [5, 5.41) is 4.79. The molecule has 26 heavy (non-hydrogen) atoms. The van der Waals surface area contributed by atoms with Gasteiger partial charge >= 0.3 is 0 Å². The van der Waals surface area contributed by atoms with Crippen molar-refractivity contribution in [3.63, 3.8) is 0 Å². The summed E-state index contributed by atoms with van der Waals surface area (Å²) in [6.07, 6.45) is 2.20. The van der Waals surface area contributed by atoms with Crippen molar-refractivity contribution < 1.29 is 9.53 Å². The smallest absolute Gasteiger partial charge is 0.273 e. The van der Waals surface area contributed by atoms with Gasteiger partial charge in [0.2, 0.25) is 0 Å². The van der Waals surface area contributed by atoms with E-state index in [9.17, 15) is 4.79 Å². The van der Waals surface area contributed by atoms with Crippen molar-refractivity contribution in [3.8, 4) is 9.88 Å². The van der Waals surface area contributed by atoms with Crippen LogP contribution in [0.15, 0.2) is 53.2 Å². The van der Waals surface area contributed by atoms with E-state index >= 15 is 0 Å². The van der Waals surface area contributed by atoms with Gasteiger partial charge in [0.1, 0.15) is 10.7 Å². The molecule has 1 saturated heterocycles. The second kappa shape index (κ2) is 8.12. The Kier molecular flexibility index (Phi) is 5.43. The number of carbonyl (C=O) groups is 1. The monoisotopic (exact) mass is 384 g/mol. The van der Waals surface area contributed by atoms with Gasteiger partial charge in [0.25, 0.3) is 5.91 Å². The molecule has 1 fully saturated rings. The predicted octanol–water partition coefficient (Wildman–Crippen LogP) is 4.69. The topological polar surface area (TPSA) is 42.4 Å². The van der Waals surface area contributed by atoms with E-state index in [1.807, 2.05) is 58.1 Å². The van der Waals surface area contributed by atoms with Gasteiger partial charge in [0.05, 0.1) is 11.0 Å². The molecule has 0 N–H and O–H groups in total. The number of hydrogen-bond donors (Lipinski definition) is 0. The van der Waals surface area contributed by atoms with E-state index in [0.717, 1.165) is 34.9 Å². The van der Waals surface area contributed by atoms with Crippen LogP contribution in [0.1, 0.15) is 28.9 Å². The van der Waals surface area contributed by atoms with E-state index in [0.29, 0.717) is 18.8 Å². The minimum absolute atomic E-state index is 0.0246. The SMILES string of the molecule is O=C(c1csc(-c2cccs2)n1)N(Cc1ccccc1)C[C@@H]1CCCO1. The lowest BCUT2D eigenvalue weighted by atomic mass is 10.1. The minimum atomic E-state index is -0.0246. The number of hydrogen-bond acceptors (Lipinski definition) is 5. The Hall–Kier alpha value is -2.02. The molecule has 1 aromatic carbocycles. The number of aromatic nitrogens is 1. The van der Waals surface area contributed by atoms with Gasteiger partial charge in [-0.05, 0) is 29.9 Å². The fraction of sp³-hybridized carbons (Fsp3) is 0.300. The van der Waals surface area contributed by atoms with Gasteiger partial charge in [-0.1, -0.05) is 36.4 Å². The molecular formula is C20H20N2O2S2. The number of carbonyl (C=O) groups excluding carboxylic acids is 1. The molecule has 6 heteroatoms. The van der Waals surface area contributed by atoms with Crippen molar-refractivity contribution in [1.82, 2.24) is 9.88 Å². The molecule has 0 saturated carbocycles. The summed E-state index contributed by atoms with van der Waals surface area (Å²) in [6, 6.07) is 14.1. The summed E-state index contributed by atoms with van der Waals surface area (Å²) in [5.74, 6) is -0.0246. The maximum atomic E-state index is 13.1. The number of thiazole rings is 1. The first-order chi connectivity index (χ1) is 12.8. The lowest BCUT2D eigenvalue weighted by molar-refractivity contribution is 0.0503. The maximum Gasteiger partial charge on any atom is 0.273 e. The Balaban J connectivity index is 1.54. The Morgan fingerprint density at radius 1 is 1.19 bits per heavy atom. The third kappa shape index (κ3) is 4.03. The molecule has 0 aliphatic carbocycles. The molecule has 0 unspecified atom stereocenters. The number of amides is 1. The largest absolute Gasteiger partial charge is 0.376 e. The predicted molar refractivity (Wildman–Crippen MR) is 106 cm³/mol. The Morgan fingerprint density at radius 3 is 2.81 bits per heavy atom. The molecule has 1 atom stereocenters. The van der Waals surface area contributed by atoms with Gasteiger partial charge in [-0.25, -0.2) is 4.98 Å². The van der Waals surface area contributed by atoms with Crippen molar-refractivity contribution in [3.05, 3.63) is 64.5 Å². The molecular weight excluding hydrogens is 364 g/mol. The first kappa shape index (κ1) is 17.4. The second-order valence-electron chi connectivity index (χ2n) is 6.32. The molecule has 1 aliphatic heterocycles. The quantitative estimate of drug-likeness (QED) is 0.619. The van der Waals surface area contributed by atoms with Gasteiger partial charge in [-0.2, -0.15) is 0 Å². The lowest BCUT2D eigenvalue weighted by Gasteiger charge is -2.25. The first-order valence-corrected chi connectivity index (χ1v) is 10.5. The van der Waals surface area contributed by atoms with Crippen LogP contribution in [0.4, 0.5) is 0 Å². The zero-order chi connectivity index (χ0) is 17.8.